The molecule has 2 rings (SSSR count). The van der Waals surface area contributed by atoms with Crippen LogP contribution in [-0.2, 0) is 11.3 Å². The second kappa shape index (κ2) is 6.49. The number of nitrogens with two attached hydrogens (primary N) is 1. The number of amides is 1. The maximum Gasteiger partial charge on any atom is 0.222 e. The van der Waals surface area contributed by atoms with Crippen LogP contribution in [0.5, 0.6) is 0 Å². The van der Waals surface area contributed by atoms with Gasteiger partial charge in [0.1, 0.15) is 0 Å². The van der Waals surface area contributed by atoms with Crippen molar-refractivity contribution in [3.05, 3.63) is 28.8 Å². The number of nitrogens with zero attached hydrogens (tertiary/aromatic N) is 1. The number of nitrogen functional groups attached to an aromatic ring is 1. The molecule has 0 aliphatic carbocycles. The number of rotatable bonds is 3. The van der Waals surface area contributed by atoms with Gasteiger partial charge in [-0.3, -0.25) is 4.79 Å². The predicted octanol–water partition coefficient (Wildman–Crippen LogP) is 3.71. The number of carbonyl (C=O) groups is 1. The molecular formula is C16H23ClN2O. The molecule has 2 N–H and O–H groups in total. The third-order valence-electron chi connectivity index (χ3n) is 4.23. The molecule has 20 heavy (non-hydrogen) atoms. The van der Waals surface area contributed by atoms with Gasteiger partial charge >= 0.3 is 0 Å². The first-order valence-electron chi connectivity index (χ1n) is 7.29. The lowest BCUT2D eigenvalue weighted by Crippen LogP contribution is -2.29. The van der Waals surface area contributed by atoms with Crippen molar-refractivity contribution in [3.63, 3.8) is 0 Å². The summed E-state index contributed by atoms with van der Waals surface area (Å²) >= 11 is 5.93. The molecule has 0 aromatic heterocycles. The maximum absolute atomic E-state index is 12.2. The summed E-state index contributed by atoms with van der Waals surface area (Å²) in [6, 6.07) is 5.60. The molecular weight excluding hydrogens is 272 g/mol. The van der Waals surface area contributed by atoms with E-state index in [1.54, 1.807) is 6.07 Å². The predicted molar refractivity (Wildman–Crippen MR) is 83.5 cm³/mol. The molecule has 1 unspecified atom stereocenters. The number of likely N-dealkylation sites (tertiary alicyclic amines) is 1. The molecule has 1 amide bonds. The molecule has 1 atom stereocenters. The highest BCUT2D eigenvalue weighted by molar-refractivity contribution is 6.33. The molecule has 1 heterocycles. The third-order valence-corrected chi connectivity index (χ3v) is 4.57. The Bertz CT molecular complexity index is 487. The summed E-state index contributed by atoms with van der Waals surface area (Å²) in [4.78, 5) is 14.2. The number of anilines is 1. The van der Waals surface area contributed by atoms with Gasteiger partial charge in [0.05, 0.1) is 10.7 Å². The Morgan fingerprint density at radius 1 is 1.40 bits per heavy atom. The van der Waals surface area contributed by atoms with Crippen LogP contribution in [0.1, 0.15) is 38.7 Å². The van der Waals surface area contributed by atoms with Crippen molar-refractivity contribution in [1.29, 1.82) is 0 Å². The first kappa shape index (κ1) is 15.2. The SMILES string of the molecule is CC(C)C1CCC(=O)N(Cc2ccc(Cl)c(N)c2)CC1. The molecule has 0 radical (unpaired) electrons. The van der Waals surface area contributed by atoms with Crippen molar-refractivity contribution in [2.75, 3.05) is 12.3 Å². The quantitative estimate of drug-likeness (QED) is 0.864. The lowest BCUT2D eigenvalue weighted by atomic mass is 9.89. The topological polar surface area (TPSA) is 46.3 Å². The lowest BCUT2D eigenvalue weighted by molar-refractivity contribution is -0.131. The Labute approximate surface area is 126 Å². The Morgan fingerprint density at radius 3 is 2.80 bits per heavy atom. The third kappa shape index (κ3) is 3.66. The Hall–Kier alpha value is -1.22. The van der Waals surface area contributed by atoms with Crippen molar-refractivity contribution in [1.82, 2.24) is 4.90 Å². The number of hydrogen-bond acceptors (Lipinski definition) is 2. The van der Waals surface area contributed by atoms with Crippen LogP contribution in [0.4, 0.5) is 5.69 Å². The van der Waals surface area contributed by atoms with Gasteiger partial charge in [0, 0.05) is 19.5 Å². The van der Waals surface area contributed by atoms with E-state index in [9.17, 15) is 4.79 Å². The second-order valence-electron chi connectivity index (χ2n) is 6.00. The fourth-order valence-corrected chi connectivity index (χ4v) is 2.92. The van der Waals surface area contributed by atoms with Gasteiger partial charge in [-0.2, -0.15) is 0 Å². The van der Waals surface area contributed by atoms with E-state index in [-0.39, 0.29) is 5.91 Å². The zero-order chi connectivity index (χ0) is 14.7. The largest absolute Gasteiger partial charge is 0.398 e. The van der Waals surface area contributed by atoms with Gasteiger partial charge in [0.2, 0.25) is 5.91 Å². The minimum Gasteiger partial charge on any atom is -0.398 e. The van der Waals surface area contributed by atoms with Crippen molar-refractivity contribution < 1.29 is 4.79 Å². The molecule has 0 saturated carbocycles. The summed E-state index contributed by atoms with van der Waals surface area (Å²) in [7, 11) is 0. The summed E-state index contributed by atoms with van der Waals surface area (Å²) in [5.41, 5.74) is 7.44. The van der Waals surface area contributed by atoms with Crippen molar-refractivity contribution >= 4 is 23.2 Å². The molecule has 4 heteroatoms. The average Bonchev–Trinajstić information content (AvgIpc) is 2.57. The molecule has 1 saturated heterocycles. The van der Waals surface area contributed by atoms with E-state index in [4.69, 9.17) is 17.3 Å². The van der Waals surface area contributed by atoms with Crippen molar-refractivity contribution in [2.45, 2.75) is 39.7 Å². The van der Waals surface area contributed by atoms with E-state index in [0.29, 0.717) is 35.5 Å². The van der Waals surface area contributed by atoms with E-state index in [2.05, 4.69) is 13.8 Å². The minimum atomic E-state index is 0.252. The van der Waals surface area contributed by atoms with Gasteiger partial charge in [-0.1, -0.05) is 31.5 Å². The molecule has 1 aliphatic rings. The van der Waals surface area contributed by atoms with Gasteiger partial charge in [0.15, 0.2) is 0 Å². The Balaban J connectivity index is 2.04. The number of hydrogen-bond donors (Lipinski definition) is 1. The Morgan fingerprint density at radius 2 is 2.15 bits per heavy atom. The maximum atomic E-state index is 12.2. The van der Waals surface area contributed by atoms with Gasteiger partial charge in [-0.25, -0.2) is 0 Å². The second-order valence-corrected chi connectivity index (χ2v) is 6.41. The Kier molecular flexibility index (Phi) is 4.92. The average molecular weight is 295 g/mol. The van der Waals surface area contributed by atoms with Crippen LogP contribution in [0.25, 0.3) is 0 Å². The fraction of sp³-hybridized carbons (Fsp3) is 0.562. The van der Waals surface area contributed by atoms with Crippen LogP contribution in [0, 0.1) is 11.8 Å². The van der Waals surface area contributed by atoms with E-state index in [1.807, 2.05) is 17.0 Å². The molecule has 1 aromatic rings. The van der Waals surface area contributed by atoms with Gasteiger partial charge in [-0.15, -0.1) is 0 Å². The highest BCUT2D eigenvalue weighted by Gasteiger charge is 2.24. The minimum absolute atomic E-state index is 0.252. The molecule has 0 spiro atoms. The van der Waals surface area contributed by atoms with Crippen LogP contribution in [0.2, 0.25) is 5.02 Å². The fourth-order valence-electron chi connectivity index (χ4n) is 2.80. The van der Waals surface area contributed by atoms with E-state index < -0.39 is 0 Å². The van der Waals surface area contributed by atoms with Gasteiger partial charge in [0.25, 0.3) is 0 Å². The number of carbonyl (C=O) groups excluding carboxylic acids is 1. The first-order chi connectivity index (χ1) is 9.47. The van der Waals surface area contributed by atoms with Crippen LogP contribution < -0.4 is 5.73 Å². The smallest absolute Gasteiger partial charge is 0.222 e. The van der Waals surface area contributed by atoms with Gasteiger partial charge < -0.3 is 10.6 Å². The zero-order valence-corrected chi connectivity index (χ0v) is 13.0. The molecule has 0 bridgehead atoms. The van der Waals surface area contributed by atoms with Crippen LogP contribution in [0.3, 0.4) is 0 Å². The van der Waals surface area contributed by atoms with Crippen molar-refractivity contribution in [2.24, 2.45) is 11.8 Å². The van der Waals surface area contributed by atoms with E-state index >= 15 is 0 Å². The monoisotopic (exact) mass is 294 g/mol. The molecule has 3 nitrogen and oxygen atoms in total. The molecule has 110 valence electrons. The van der Waals surface area contributed by atoms with Crippen LogP contribution in [0.15, 0.2) is 18.2 Å². The number of benzene rings is 1. The molecule has 1 aliphatic heterocycles. The summed E-state index contributed by atoms with van der Waals surface area (Å²) < 4.78 is 0. The molecule has 1 fully saturated rings. The van der Waals surface area contributed by atoms with Crippen LogP contribution >= 0.6 is 11.6 Å². The summed E-state index contributed by atoms with van der Waals surface area (Å²) in [6.45, 7) is 5.95. The van der Waals surface area contributed by atoms with Crippen LogP contribution in [-0.4, -0.2) is 17.4 Å². The van der Waals surface area contributed by atoms with Crippen molar-refractivity contribution in [3.8, 4) is 0 Å². The van der Waals surface area contributed by atoms with E-state index in [1.165, 1.54) is 0 Å². The standard InChI is InChI=1S/C16H23ClN2O/c1-11(2)13-4-6-16(20)19(8-7-13)10-12-3-5-14(17)15(18)9-12/h3,5,9,11,13H,4,6-8,10,18H2,1-2H3. The lowest BCUT2D eigenvalue weighted by Gasteiger charge is -2.22. The summed E-state index contributed by atoms with van der Waals surface area (Å²) in [6.07, 6.45) is 2.76. The summed E-state index contributed by atoms with van der Waals surface area (Å²) in [5.74, 6) is 1.55. The normalized spacial score (nSPS) is 20.3. The summed E-state index contributed by atoms with van der Waals surface area (Å²) in [5, 5.41) is 0.566. The van der Waals surface area contributed by atoms with E-state index in [0.717, 1.165) is 24.9 Å². The first-order valence-corrected chi connectivity index (χ1v) is 7.67. The molecule has 1 aromatic carbocycles. The zero-order valence-electron chi connectivity index (χ0n) is 12.2. The van der Waals surface area contributed by atoms with Gasteiger partial charge in [-0.05, 0) is 42.4 Å². The number of halogens is 1. The highest BCUT2D eigenvalue weighted by Crippen LogP contribution is 2.26. The highest BCUT2D eigenvalue weighted by atomic mass is 35.5.